The molecular formula is C21H22FN3O2. The minimum Gasteiger partial charge on any atom is -0.494 e. The summed E-state index contributed by atoms with van der Waals surface area (Å²) in [6.07, 6.45) is 0. The summed E-state index contributed by atoms with van der Waals surface area (Å²) in [6.45, 7) is 4.72. The van der Waals surface area contributed by atoms with E-state index in [0.29, 0.717) is 38.3 Å². The molecule has 1 aliphatic rings. The van der Waals surface area contributed by atoms with E-state index in [-0.39, 0.29) is 11.9 Å². The molecule has 0 aliphatic carbocycles. The third-order valence-corrected chi connectivity index (χ3v) is 4.67. The van der Waals surface area contributed by atoms with Crippen molar-refractivity contribution in [2.45, 2.75) is 13.0 Å². The number of carbonyl (C=O) groups is 1. The van der Waals surface area contributed by atoms with Crippen molar-refractivity contribution in [2.75, 3.05) is 32.8 Å². The maximum atomic E-state index is 13.3. The van der Waals surface area contributed by atoms with E-state index in [4.69, 9.17) is 4.74 Å². The first-order valence-corrected chi connectivity index (χ1v) is 9.03. The Morgan fingerprint density at radius 3 is 2.48 bits per heavy atom. The Morgan fingerprint density at radius 2 is 1.89 bits per heavy atom. The number of carbonyl (C=O) groups excluding carboxylic acids is 1. The highest BCUT2D eigenvalue weighted by atomic mass is 19.1. The van der Waals surface area contributed by atoms with Crippen LogP contribution in [0.15, 0.2) is 48.5 Å². The predicted molar refractivity (Wildman–Crippen MR) is 99.8 cm³/mol. The number of nitrogens with zero attached hydrogens (tertiary/aromatic N) is 3. The molecule has 27 heavy (non-hydrogen) atoms. The fourth-order valence-electron chi connectivity index (χ4n) is 3.27. The van der Waals surface area contributed by atoms with E-state index in [1.165, 1.54) is 18.2 Å². The van der Waals surface area contributed by atoms with Gasteiger partial charge >= 0.3 is 0 Å². The van der Waals surface area contributed by atoms with E-state index in [0.717, 1.165) is 11.3 Å². The molecule has 0 N–H and O–H groups in total. The maximum Gasteiger partial charge on any atom is 0.254 e. The van der Waals surface area contributed by atoms with Crippen LogP contribution in [0.2, 0.25) is 0 Å². The molecule has 2 aromatic carbocycles. The van der Waals surface area contributed by atoms with Crippen LogP contribution in [-0.2, 0) is 0 Å². The van der Waals surface area contributed by atoms with E-state index in [1.807, 2.05) is 31.2 Å². The summed E-state index contributed by atoms with van der Waals surface area (Å²) in [7, 11) is 0. The average Bonchev–Trinajstić information content (AvgIpc) is 2.70. The van der Waals surface area contributed by atoms with Crippen LogP contribution in [0, 0.1) is 17.1 Å². The molecule has 1 amide bonds. The molecule has 140 valence electrons. The number of halogens is 1. The van der Waals surface area contributed by atoms with Crippen LogP contribution >= 0.6 is 0 Å². The fraction of sp³-hybridized carbons (Fsp3) is 0.333. The Labute approximate surface area is 158 Å². The van der Waals surface area contributed by atoms with Gasteiger partial charge in [0.05, 0.1) is 12.7 Å². The van der Waals surface area contributed by atoms with Crippen LogP contribution in [0.3, 0.4) is 0 Å². The first kappa shape index (κ1) is 18.9. The van der Waals surface area contributed by atoms with Gasteiger partial charge in [-0.05, 0) is 42.8 Å². The highest BCUT2D eigenvalue weighted by Gasteiger charge is 2.27. The van der Waals surface area contributed by atoms with Gasteiger partial charge in [-0.25, -0.2) is 4.39 Å². The van der Waals surface area contributed by atoms with E-state index in [9.17, 15) is 14.4 Å². The Balaban J connectivity index is 1.63. The van der Waals surface area contributed by atoms with E-state index >= 15 is 0 Å². The molecule has 0 saturated carbocycles. The Hall–Kier alpha value is -2.91. The summed E-state index contributed by atoms with van der Waals surface area (Å²) < 4.78 is 18.8. The van der Waals surface area contributed by atoms with E-state index in [2.05, 4.69) is 11.0 Å². The molecular weight excluding hydrogens is 345 g/mol. The van der Waals surface area contributed by atoms with Gasteiger partial charge in [-0.15, -0.1) is 0 Å². The molecule has 3 rings (SSSR count). The summed E-state index contributed by atoms with van der Waals surface area (Å²) in [4.78, 5) is 16.3. The van der Waals surface area contributed by atoms with Crippen LogP contribution in [0.5, 0.6) is 5.75 Å². The third kappa shape index (κ3) is 4.44. The maximum absolute atomic E-state index is 13.3. The van der Waals surface area contributed by atoms with Crippen molar-refractivity contribution in [1.29, 1.82) is 5.26 Å². The van der Waals surface area contributed by atoms with Crippen molar-refractivity contribution in [2.24, 2.45) is 0 Å². The van der Waals surface area contributed by atoms with Gasteiger partial charge in [0.1, 0.15) is 17.6 Å². The number of ether oxygens (including phenoxy) is 1. The molecule has 1 heterocycles. The van der Waals surface area contributed by atoms with Gasteiger partial charge in [-0.1, -0.05) is 18.2 Å². The highest BCUT2D eigenvalue weighted by Crippen LogP contribution is 2.24. The standard InChI is InChI=1S/C21H22FN3O2/c1-2-27-19-8-6-16(7-9-19)20(15-23)24-10-12-25(13-11-24)21(26)17-4-3-5-18(22)14-17/h3-9,14,20H,2,10-13H2,1H3. The zero-order valence-corrected chi connectivity index (χ0v) is 15.3. The molecule has 0 radical (unpaired) electrons. The average molecular weight is 367 g/mol. The number of rotatable bonds is 5. The molecule has 0 aromatic heterocycles. The first-order valence-electron chi connectivity index (χ1n) is 9.03. The third-order valence-electron chi connectivity index (χ3n) is 4.67. The van der Waals surface area contributed by atoms with Gasteiger partial charge in [0, 0.05) is 31.7 Å². The van der Waals surface area contributed by atoms with Crippen molar-refractivity contribution in [3.63, 3.8) is 0 Å². The summed E-state index contributed by atoms with van der Waals surface area (Å²) in [6, 6.07) is 15.3. The van der Waals surface area contributed by atoms with Crippen molar-refractivity contribution >= 4 is 5.91 Å². The van der Waals surface area contributed by atoms with Gasteiger partial charge < -0.3 is 9.64 Å². The lowest BCUT2D eigenvalue weighted by molar-refractivity contribution is 0.0606. The van der Waals surface area contributed by atoms with Crippen LogP contribution in [0.1, 0.15) is 28.9 Å². The zero-order valence-electron chi connectivity index (χ0n) is 15.3. The number of hydrogen-bond acceptors (Lipinski definition) is 4. The molecule has 1 aliphatic heterocycles. The molecule has 1 fully saturated rings. The zero-order chi connectivity index (χ0) is 19.2. The minimum atomic E-state index is -0.417. The molecule has 1 atom stereocenters. The number of amides is 1. The molecule has 2 aromatic rings. The lowest BCUT2D eigenvalue weighted by atomic mass is 10.1. The normalized spacial score (nSPS) is 15.8. The minimum absolute atomic E-state index is 0.177. The van der Waals surface area contributed by atoms with Gasteiger partial charge in [-0.2, -0.15) is 5.26 Å². The SMILES string of the molecule is CCOc1ccc(C(C#N)N2CCN(C(=O)c3cccc(F)c3)CC2)cc1. The largest absolute Gasteiger partial charge is 0.494 e. The monoisotopic (exact) mass is 367 g/mol. The topological polar surface area (TPSA) is 56.6 Å². The summed E-state index contributed by atoms with van der Waals surface area (Å²) in [5.41, 5.74) is 1.26. The summed E-state index contributed by atoms with van der Waals surface area (Å²) in [5, 5.41) is 9.64. The smallest absolute Gasteiger partial charge is 0.254 e. The van der Waals surface area contributed by atoms with Crippen molar-refractivity contribution in [3.8, 4) is 11.8 Å². The highest BCUT2D eigenvalue weighted by molar-refractivity contribution is 5.94. The van der Waals surface area contributed by atoms with Gasteiger partial charge in [0.2, 0.25) is 0 Å². The van der Waals surface area contributed by atoms with Crippen LogP contribution < -0.4 is 4.74 Å². The molecule has 1 saturated heterocycles. The van der Waals surface area contributed by atoms with Gasteiger partial charge in [-0.3, -0.25) is 9.69 Å². The summed E-state index contributed by atoms with van der Waals surface area (Å²) >= 11 is 0. The first-order chi connectivity index (χ1) is 13.1. The predicted octanol–water partition coefficient (Wildman–Crippen LogP) is 3.25. The van der Waals surface area contributed by atoms with E-state index in [1.54, 1.807) is 11.0 Å². The van der Waals surface area contributed by atoms with Crippen molar-refractivity contribution in [3.05, 3.63) is 65.5 Å². The fourth-order valence-corrected chi connectivity index (χ4v) is 3.27. The second-order valence-corrected chi connectivity index (χ2v) is 6.37. The second-order valence-electron chi connectivity index (χ2n) is 6.37. The number of nitriles is 1. The Bertz CT molecular complexity index is 824. The number of hydrogen-bond donors (Lipinski definition) is 0. The van der Waals surface area contributed by atoms with Crippen LogP contribution in [-0.4, -0.2) is 48.5 Å². The Kier molecular flexibility index (Phi) is 6.05. The van der Waals surface area contributed by atoms with E-state index < -0.39 is 5.82 Å². The molecule has 0 bridgehead atoms. The lowest BCUT2D eigenvalue weighted by Crippen LogP contribution is -2.49. The molecule has 5 nitrogen and oxygen atoms in total. The van der Waals surface area contributed by atoms with Gasteiger partial charge in [0.15, 0.2) is 0 Å². The quantitative estimate of drug-likeness (QED) is 0.814. The summed E-state index contributed by atoms with van der Waals surface area (Å²) in [5.74, 6) is 0.187. The molecule has 6 heteroatoms. The van der Waals surface area contributed by atoms with Crippen molar-refractivity contribution in [1.82, 2.24) is 9.80 Å². The van der Waals surface area contributed by atoms with Crippen molar-refractivity contribution < 1.29 is 13.9 Å². The molecule has 0 spiro atoms. The Morgan fingerprint density at radius 1 is 1.19 bits per heavy atom. The number of piperazine rings is 1. The van der Waals surface area contributed by atoms with Gasteiger partial charge in [0.25, 0.3) is 5.91 Å². The number of benzene rings is 2. The van der Waals surface area contributed by atoms with Crippen LogP contribution in [0.25, 0.3) is 0 Å². The lowest BCUT2D eigenvalue weighted by Gasteiger charge is -2.37. The van der Waals surface area contributed by atoms with Crippen LogP contribution in [0.4, 0.5) is 4.39 Å². The molecule has 1 unspecified atom stereocenters. The second kappa shape index (κ2) is 8.65.